The van der Waals surface area contributed by atoms with Crippen molar-refractivity contribution in [3.05, 3.63) is 58.1 Å². The molecule has 0 spiro atoms. The number of sulfonamides is 1. The molecule has 7 nitrogen and oxygen atoms in total. The van der Waals surface area contributed by atoms with E-state index in [0.717, 1.165) is 0 Å². The minimum Gasteiger partial charge on any atom is -0.466 e. The SMILES string of the molecule is CCOC(=O)C1CCN(C(=O)c2ccccc2NS(=O)(=O)c2cc(Cl)ccc2Cl)CC1. The molecule has 2 aromatic carbocycles. The molecule has 0 aliphatic carbocycles. The molecule has 0 bridgehead atoms. The minimum atomic E-state index is -4.08. The van der Waals surface area contributed by atoms with Crippen LogP contribution in [0.2, 0.25) is 10.0 Å². The third-order valence-electron chi connectivity index (χ3n) is 4.99. The van der Waals surface area contributed by atoms with Crippen LogP contribution >= 0.6 is 23.2 Å². The Bertz CT molecular complexity index is 1080. The van der Waals surface area contributed by atoms with Crippen LogP contribution in [0.15, 0.2) is 47.4 Å². The lowest BCUT2D eigenvalue weighted by Crippen LogP contribution is -2.41. The van der Waals surface area contributed by atoms with E-state index in [1.54, 1.807) is 30.0 Å². The molecule has 0 radical (unpaired) electrons. The number of piperidine rings is 1. The van der Waals surface area contributed by atoms with Gasteiger partial charge in [0, 0.05) is 18.1 Å². The molecule has 1 fully saturated rings. The molecule has 31 heavy (non-hydrogen) atoms. The van der Waals surface area contributed by atoms with E-state index >= 15 is 0 Å². The summed E-state index contributed by atoms with van der Waals surface area (Å²) < 4.78 is 33.2. The zero-order valence-corrected chi connectivity index (χ0v) is 19.1. The summed E-state index contributed by atoms with van der Waals surface area (Å²) in [6.07, 6.45) is 0.993. The van der Waals surface area contributed by atoms with Crippen LogP contribution in [-0.4, -0.2) is 44.9 Å². The molecular formula is C21H22Cl2N2O5S. The lowest BCUT2D eigenvalue weighted by atomic mass is 9.96. The summed E-state index contributed by atoms with van der Waals surface area (Å²) in [5, 5.41) is 0.236. The second kappa shape index (κ2) is 9.89. The van der Waals surface area contributed by atoms with Crippen molar-refractivity contribution in [1.29, 1.82) is 0 Å². The van der Waals surface area contributed by atoms with E-state index in [-0.39, 0.29) is 44.0 Å². The van der Waals surface area contributed by atoms with Gasteiger partial charge < -0.3 is 9.64 Å². The normalized spacial score (nSPS) is 14.9. The lowest BCUT2D eigenvalue weighted by molar-refractivity contribution is -0.149. The van der Waals surface area contributed by atoms with Gasteiger partial charge in [0.15, 0.2) is 0 Å². The Morgan fingerprint density at radius 1 is 1.13 bits per heavy atom. The highest BCUT2D eigenvalue weighted by Gasteiger charge is 2.30. The quantitative estimate of drug-likeness (QED) is 0.619. The Morgan fingerprint density at radius 2 is 1.81 bits per heavy atom. The minimum absolute atomic E-state index is 0.0155. The van der Waals surface area contributed by atoms with E-state index in [4.69, 9.17) is 27.9 Å². The van der Waals surface area contributed by atoms with Gasteiger partial charge in [0.25, 0.3) is 15.9 Å². The van der Waals surface area contributed by atoms with Gasteiger partial charge in [-0.15, -0.1) is 0 Å². The summed E-state index contributed by atoms with van der Waals surface area (Å²) in [7, 11) is -4.08. The van der Waals surface area contributed by atoms with Gasteiger partial charge in [-0.3, -0.25) is 14.3 Å². The van der Waals surface area contributed by atoms with Gasteiger partial charge in [-0.25, -0.2) is 8.42 Å². The molecule has 1 saturated heterocycles. The highest BCUT2D eigenvalue weighted by atomic mass is 35.5. The summed E-state index contributed by atoms with van der Waals surface area (Å²) in [6.45, 7) is 2.83. The van der Waals surface area contributed by atoms with Crippen LogP contribution < -0.4 is 4.72 Å². The number of anilines is 1. The molecule has 0 atom stereocenters. The molecule has 0 unspecified atom stereocenters. The summed E-state index contributed by atoms with van der Waals surface area (Å²) in [6, 6.07) is 10.5. The van der Waals surface area contributed by atoms with Gasteiger partial charge in [0.2, 0.25) is 0 Å². The average Bonchev–Trinajstić information content (AvgIpc) is 2.75. The van der Waals surface area contributed by atoms with Crippen LogP contribution in [0.5, 0.6) is 0 Å². The molecule has 1 N–H and O–H groups in total. The van der Waals surface area contributed by atoms with E-state index in [1.165, 1.54) is 24.3 Å². The number of amides is 1. The van der Waals surface area contributed by atoms with Gasteiger partial charge in [-0.1, -0.05) is 35.3 Å². The van der Waals surface area contributed by atoms with Gasteiger partial charge >= 0.3 is 5.97 Å². The number of para-hydroxylation sites is 1. The second-order valence-electron chi connectivity index (χ2n) is 7.04. The number of hydrogen-bond donors (Lipinski definition) is 1. The monoisotopic (exact) mass is 484 g/mol. The highest BCUT2D eigenvalue weighted by molar-refractivity contribution is 7.92. The van der Waals surface area contributed by atoms with Gasteiger partial charge in [-0.05, 0) is 50.1 Å². The van der Waals surface area contributed by atoms with Gasteiger partial charge in [0.1, 0.15) is 4.90 Å². The molecule has 3 rings (SSSR count). The number of benzene rings is 2. The fraction of sp³-hybridized carbons (Fsp3) is 0.333. The van der Waals surface area contributed by atoms with E-state index in [9.17, 15) is 18.0 Å². The Hall–Kier alpha value is -2.29. The number of rotatable bonds is 6. The first-order valence-electron chi connectivity index (χ1n) is 9.75. The van der Waals surface area contributed by atoms with Crippen molar-refractivity contribution in [1.82, 2.24) is 4.90 Å². The first-order valence-corrected chi connectivity index (χ1v) is 12.0. The number of likely N-dealkylation sites (tertiary alicyclic amines) is 1. The summed E-state index contributed by atoms with van der Waals surface area (Å²) >= 11 is 12.0. The summed E-state index contributed by atoms with van der Waals surface area (Å²) in [5.74, 6) is -0.804. The largest absolute Gasteiger partial charge is 0.466 e. The molecular weight excluding hydrogens is 463 g/mol. The van der Waals surface area contributed by atoms with E-state index in [0.29, 0.717) is 32.5 Å². The Labute approximate surface area is 191 Å². The van der Waals surface area contributed by atoms with Crippen LogP contribution in [0, 0.1) is 5.92 Å². The summed E-state index contributed by atoms with van der Waals surface area (Å²) in [5.41, 5.74) is 0.342. The maximum atomic E-state index is 13.1. The number of ether oxygens (including phenoxy) is 1. The van der Waals surface area contributed by atoms with Crippen molar-refractivity contribution in [2.45, 2.75) is 24.7 Å². The zero-order valence-electron chi connectivity index (χ0n) is 16.8. The standard InChI is InChI=1S/C21H22Cl2N2O5S/c1-2-30-21(27)14-9-11-25(12-10-14)20(26)16-5-3-4-6-18(16)24-31(28,29)19-13-15(22)7-8-17(19)23/h3-8,13-14,24H,2,9-12H2,1H3. The molecule has 1 aliphatic rings. The number of carbonyl (C=O) groups excluding carboxylic acids is 2. The molecule has 2 aromatic rings. The predicted octanol–water partition coefficient (Wildman–Crippen LogP) is 4.21. The first kappa shape index (κ1) is 23.4. The van der Waals surface area contributed by atoms with E-state index < -0.39 is 10.0 Å². The highest BCUT2D eigenvalue weighted by Crippen LogP contribution is 2.29. The average molecular weight is 485 g/mol. The maximum absolute atomic E-state index is 13.1. The fourth-order valence-corrected chi connectivity index (χ4v) is 5.23. The Kier molecular flexibility index (Phi) is 7.46. The van der Waals surface area contributed by atoms with Crippen LogP contribution in [0.25, 0.3) is 0 Å². The predicted molar refractivity (Wildman–Crippen MR) is 119 cm³/mol. The Balaban J connectivity index is 1.79. The number of nitrogens with zero attached hydrogens (tertiary/aromatic N) is 1. The van der Waals surface area contributed by atoms with Crippen LogP contribution in [0.3, 0.4) is 0 Å². The fourth-order valence-electron chi connectivity index (χ4n) is 3.39. The van der Waals surface area contributed by atoms with Gasteiger partial charge in [0.05, 0.1) is 28.8 Å². The molecule has 1 aliphatic heterocycles. The molecule has 1 heterocycles. The first-order chi connectivity index (χ1) is 14.7. The number of halogens is 2. The van der Waals surface area contributed by atoms with Crippen LogP contribution in [-0.2, 0) is 19.6 Å². The number of nitrogens with one attached hydrogen (secondary N) is 1. The third kappa shape index (κ3) is 5.50. The molecule has 166 valence electrons. The molecule has 0 saturated carbocycles. The smallest absolute Gasteiger partial charge is 0.309 e. The van der Waals surface area contributed by atoms with Crippen molar-refractivity contribution in [2.24, 2.45) is 5.92 Å². The number of hydrogen-bond acceptors (Lipinski definition) is 5. The maximum Gasteiger partial charge on any atom is 0.309 e. The van der Waals surface area contributed by atoms with Crippen LogP contribution in [0.4, 0.5) is 5.69 Å². The van der Waals surface area contributed by atoms with Crippen molar-refractivity contribution in [3.8, 4) is 0 Å². The second-order valence-corrected chi connectivity index (χ2v) is 9.54. The van der Waals surface area contributed by atoms with E-state index in [1.807, 2.05) is 0 Å². The molecule has 10 heteroatoms. The number of esters is 1. The van der Waals surface area contributed by atoms with E-state index in [2.05, 4.69) is 4.72 Å². The topological polar surface area (TPSA) is 92.8 Å². The van der Waals surface area contributed by atoms with Gasteiger partial charge in [-0.2, -0.15) is 0 Å². The lowest BCUT2D eigenvalue weighted by Gasteiger charge is -2.31. The Morgan fingerprint density at radius 3 is 2.48 bits per heavy atom. The van der Waals surface area contributed by atoms with Crippen molar-refractivity contribution in [3.63, 3.8) is 0 Å². The van der Waals surface area contributed by atoms with Crippen molar-refractivity contribution < 1.29 is 22.7 Å². The molecule has 0 aromatic heterocycles. The van der Waals surface area contributed by atoms with Crippen molar-refractivity contribution in [2.75, 3.05) is 24.4 Å². The zero-order chi connectivity index (χ0) is 22.6. The third-order valence-corrected chi connectivity index (χ3v) is 7.07. The number of carbonyl (C=O) groups is 2. The van der Waals surface area contributed by atoms with Crippen LogP contribution in [0.1, 0.15) is 30.1 Å². The molecule has 1 amide bonds. The summed E-state index contributed by atoms with van der Waals surface area (Å²) in [4.78, 5) is 26.4. The van der Waals surface area contributed by atoms with Crippen molar-refractivity contribution >= 4 is 50.8 Å².